The number of carbonyl (C=O) groups is 1. The molecule has 4 aliphatic heterocycles. The number of nitrogens with one attached hydrogen (secondary N) is 1. The predicted molar refractivity (Wildman–Crippen MR) is 111 cm³/mol. The molecule has 2 saturated heterocycles. The molecule has 3 unspecified atom stereocenters. The highest BCUT2D eigenvalue weighted by atomic mass is 16.2. The Bertz CT molecular complexity index is 853. The van der Waals surface area contributed by atoms with Crippen molar-refractivity contribution in [2.75, 3.05) is 7.05 Å². The zero-order chi connectivity index (χ0) is 19.3. The first-order chi connectivity index (χ1) is 13.6. The van der Waals surface area contributed by atoms with Gasteiger partial charge in [-0.1, -0.05) is 18.1 Å². The molecule has 0 radical (unpaired) electrons. The molecular weight excluding hydrogens is 352 g/mol. The van der Waals surface area contributed by atoms with Gasteiger partial charge in [0.25, 0.3) is 5.91 Å². The Balaban J connectivity index is 1.30. The maximum absolute atomic E-state index is 13.1. The number of nitrogens with zero attached hydrogens (tertiary/aromatic N) is 5. The highest BCUT2D eigenvalue weighted by molar-refractivity contribution is 6.53. The molecule has 0 aromatic heterocycles. The lowest BCUT2D eigenvalue weighted by atomic mass is 9.82. The van der Waals surface area contributed by atoms with E-state index >= 15 is 0 Å². The van der Waals surface area contributed by atoms with Crippen LogP contribution in [0.15, 0.2) is 43.5 Å². The van der Waals surface area contributed by atoms with Crippen LogP contribution in [0.3, 0.4) is 0 Å². The second kappa shape index (κ2) is 6.88. The van der Waals surface area contributed by atoms with E-state index < -0.39 is 0 Å². The first-order valence-electron chi connectivity index (χ1n) is 10.2. The lowest BCUT2D eigenvalue weighted by Gasteiger charge is -2.47. The summed E-state index contributed by atoms with van der Waals surface area (Å²) < 4.78 is 0. The maximum Gasteiger partial charge on any atom is 0.272 e. The van der Waals surface area contributed by atoms with E-state index in [4.69, 9.17) is 0 Å². The van der Waals surface area contributed by atoms with Gasteiger partial charge in [-0.05, 0) is 45.7 Å². The number of fused-ring (bicyclic) bond motifs is 3. The molecule has 28 heavy (non-hydrogen) atoms. The molecule has 2 fully saturated rings. The molecule has 3 atom stereocenters. The van der Waals surface area contributed by atoms with Crippen molar-refractivity contribution in [2.45, 2.75) is 63.3 Å². The van der Waals surface area contributed by atoms with Crippen LogP contribution < -0.4 is 5.32 Å². The molecule has 0 aromatic rings. The van der Waals surface area contributed by atoms with Gasteiger partial charge >= 0.3 is 0 Å². The molecule has 4 heterocycles. The van der Waals surface area contributed by atoms with Crippen LogP contribution in [0.1, 0.15) is 39.0 Å². The van der Waals surface area contributed by atoms with Crippen LogP contribution in [0.4, 0.5) is 0 Å². The van der Waals surface area contributed by atoms with Crippen molar-refractivity contribution in [3.05, 3.63) is 23.3 Å². The van der Waals surface area contributed by atoms with Crippen molar-refractivity contribution in [2.24, 2.45) is 26.1 Å². The SMILES string of the molecule is CC1=CC(C2N=CC=N2)C2=NN=C(C(=O)NC3CC4CCCC(C3)N4C)C2=C1. The molecule has 2 bridgehead atoms. The van der Waals surface area contributed by atoms with E-state index in [0.717, 1.165) is 29.7 Å². The van der Waals surface area contributed by atoms with Gasteiger partial charge in [0.15, 0.2) is 11.9 Å². The Hall–Kier alpha value is -2.41. The Morgan fingerprint density at radius 1 is 1.14 bits per heavy atom. The second-order valence-corrected chi connectivity index (χ2v) is 8.48. The molecule has 0 spiro atoms. The molecule has 7 nitrogen and oxygen atoms in total. The minimum atomic E-state index is -0.205. The number of aliphatic imine (C=N–C) groups is 2. The topological polar surface area (TPSA) is 81.8 Å². The van der Waals surface area contributed by atoms with E-state index in [1.54, 1.807) is 12.4 Å². The minimum Gasteiger partial charge on any atom is -0.348 e. The van der Waals surface area contributed by atoms with Crippen molar-refractivity contribution in [1.82, 2.24) is 10.2 Å². The summed E-state index contributed by atoms with van der Waals surface area (Å²) >= 11 is 0. The molecule has 5 aliphatic rings. The van der Waals surface area contributed by atoms with Crippen LogP contribution in [0.25, 0.3) is 0 Å². The van der Waals surface area contributed by atoms with E-state index in [9.17, 15) is 4.79 Å². The molecule has 0 saturated carbocycles. The van der Waals surface area contributed by atoms with Gasteiger partial charge in [0.05, 0.1) is 11.6 Å². The van der Waals surface area contributed by atoms with Crippen molar-refractivity contribution in [3.8, 4) is 0 Å². The van der Waals surface area contributed by atoms with E-state index in [-0.39, 0.29) is 24.0 Å². The molecule has 5 rings (SSSR count). The van der Waals surface area contributed by atoms with Crippen molar-refractivity contribution in [1.29, 1.82) is 0 Å². The summed E-state index contributed by atoms with van der Waals surface area (Å²) in [4.78, 5) is 24.4. The number of amides is 1. The fourth-order valence-electron chi connectivity index (χ4n) is 5.22. The fraction of sp³-hybridized carbons (Fsp3) is 0.571. The first kappa shape index (κ1) is 17.7. The number of hydrogen-bond acceptors (Lipinski definition) is 6. The molecular formula is C21H26N6O. The van der Waals surface area contributed by atoms with Gasteiger partial charge in [0, 0.05) is 36.1 Å². The van der Waals surface area contributed by atoms with E-state index in [2.05, 4.69) is 43.5 Å². The largest absolute Gasteiger partial charge is 0.348 e. The third-order valence-corrected chi connectivity index (χ3v) is 6.67. The maximum atomic E-state index is 13.1. The van der Waals surface area contributed by atoms with Gasteiger partial charge in [0.2, 0.25) is 0 Å². The third-order valence-electron chi connectivity index (χ3n) is 6.67. The lowest BCUT2D eigenvalue weighted by Crippen LogP contribution is -2.56. The first-order valence-corrected chi connectivity index (χ1v) is 10.2. The average Bonchev–Trinajstić information content (AvgIpc) is 3.31. The minimum absolute atomic E-state index is 0.0632. The number of piperidine rings is 2. The molecule has 146 valence electrons. The van der Waals surface area contributed by atoms with Crippen LogP contribution in [0.5, 0.6) is 0 Å². The summed E-state index contributed by atoms with van der Waals surface area (Å²) in [5.41, 5.74) is 3.15. The van der Waals surface area contributed by atoms with E-state index in [1.807, 2.05) is 13.0 Å². The summed E-state index contributed by atoms with van der Waals surface area (Å²) in [6.45, 7) is 2.03. The molecule has 1 N–H and O–H groups in total. The second-order valence-electron chi connectivity index (χ2n) is 8.48. The number of rotatable bonds is 3. The number of hydrogen-bond donors (Lipinski definition) is 1. The van der Waals surface area contributed by atoms with Gasteiger partial charge < -0.3 is 10.2 Å². The highest BCUT2D eigenvalue weighted by Crippen LogP contribution is 2.33. The number of carbonyl (C=O) groups excluding carboxylic acids is 1. The normalized spacial score (nSPS) is 34.5. The van der Waals surface area contributed by atoms with Crippen LogP contribution >= 0.6 is 0 Å². The molecule has 1 aliphatic carbocycles. The summed E-state index contributed by atoms with van der Waals surface area (Å²) in [7, 11) is 2.23. The summed E-state index contributed by atoms with van der Waals surface area (Å²) in [5, 5.41) is 11.9. The lowest BCUT2D eigenvalue weighted by molar-refractivity contribution is -0.116. The third kappa shape index (κ3) is 2.98. The summed E-state index contributed by atoms with van der Waals surface area (Å²) in [5.74, 6) is -0.170. The zero-order valence-electron chi connectivity index (χ0n) is 16.4. The van der Waals surface area contributed by atoms with E-state index in [1.165, 1.54) is 19.3 Å². The smallest absolute Gasteiger partial charge is 0.272 e. The van der Waals surface area contributed by atoms with Gasteiger partial charge in [-0.25, -0.2) is 0 Å². The van der Waals surface area contributed by atoms with Crippen molar-refractivity contribution >= 4 is 29.8 Å². The quantitative estimate of drug-likeness (QED) is 0.814. The van der Waals surface area contributed by atoms with Gasteiger partial charge in [-0.15, -0.1) is 5.10 Å². The summed E-state index contributed by atoms with van der Waals surface area (Å²) in [6, 6.07) is 1.37. The Kier molecular flexibility index (Phi) is 4.34. The number of allylic oxidation sites excluding steroid dienone is 2. The Morgan fingerprint density at radius 2 is 1.86 bits per heavy atom. The molecule has 0 aromatic carbocycles. The average molecular weight is 378 g/mol. The summed E-state index contributed by atoms with van der Waals surface area (Å²) in [6.07, 6.45) is 13.1. The molecule has 1 amide bonds. The predicted octanol–water partition coefficient (Wildman–Crippen LogP) is 1.91. The van der Waals surface area contributed by atoms with Crippen LogP contribution in [0.2, 0.25) is 0 Å². The van der Waals surface area contributed by atoms with Gasteiger partial charge in [-0.2, -0.15) is 5.10 Å². The van der Waals surface area contributed by atoms with Crippen molar-refractivity contribution in [3.63, 3.8) is 0 Å². The van der Waals surface area contributed by atoms with Crippen LogP contribution in [-0.2, 0) is 4.79 Å². The zero-order valence-corrected chi connectivity index (χ0v) is 16.4. The monoisotopic (exact) mass is 378 g/mol. The standard InChI is InChI=1S/C21H26N6O/c1-12-8-16-18(17(9-12)20-22-6-7-23-20)25-26-19(16)21(28)24-13-10-14-4-3-5-15(11-13)27(14)2/h6-9,13-15,17,20H,3-5,10-11H2,1-2H3,(H,24,28). The van der Waals surface area contributed by atoms with Gasteiger partial charge in [-0.3, -0.25) is 14.8 Å². The Labute approximate surface area is 165 Å². The fourth-order valence-corrected chi connectivity index (χ4v) is 5.22. The molecule has 7 heteroatoms. The van der Waals surface area contributed by atoms with E-state index in [0.29, 0.717) is 17.8 Å². The van der Waals surface area contributed by atoms with Gasteiger partial charge in [0.1, 0.15) is 0 Å². The Morgan fingerprint density at radius 3 is 2.57 bits per heavy atom. The highest BCUT2D eigenvalue weighted by Gasteiger charge is 2.39. The van der Waals surface area contributed by atoms with Crippen LogP contribution in [0, 0.1) is 5.92 Å². The van der Waals surface area contributed by atoms with Crippen molar-refractivity contribution < 1.29 is 4.79 Å². The van der Waals surface area contributed by atoms with Crippen LogP contribution in [-0.4, -0.2) is 66.0 Å².